The summed E-state index contributed by atoms with van der Waals surface area (Å²) in [4.78, 5) is 70.9. The first-order valence-electron chi connectivity index (χ1n) is 16.9. The Bertz CT molecular complexity index is 1270. The molecule has 48 heavy (non-hydrogen) atoms. The topological polar surface area (TPSA) is 156 Å². The van der Waals surface area contributed by atoms with Gasteiger partial charge in [-0.05, 0) is 91.2 Å². The molecule has 0 bridgehead atoms. The van der Waals surface area contributed by atoms with E-state index < -0.39 is 35.0 Å². The van der Waals surface area contributed by atoms with Crippen molar-refractivity contribution < 1.29 is 38.2 Å². The summed E-state index contributed by atoms with van der Waals surface area (Å²) in [5.41, 5.74) is -0.671. The van der Waals surface area contributed by atoms with Gasteiger partial charge in [-0.25, -0.2) is 4.79 Å². The number of hydrogen-bond acceptors (Lipinski definition) is 9. The normalized spacial score (nSPS) is 18.0. The van der Waals surface area contributed by atoms with E-state index in [2.05, 4.69) is 22.5 Å². The highest BCUT2D eigenvalue weighted by molar-refractivity contribution is 5.82. The summed E-state index contributed by atoms with van der Waals surface area (Å²) in [7, 11) is 0. The maximum absolute atomic E-state index is 13.6. The number of carbonyl (C=O) groups is 5. The van der Waals surface area contributed by atoms with Crippen LogP contribution in [0.5, 0.6) is 5.75 Å². The molecule has 1 aromatic heterocycles. The second-order valence-electron chi connectivity index (χ2n) is 14.6. The molecule has 0 unspecified atom stereocenters. The largest absolute Gasteiger partial charge is 0.490 e. The number of amides is 4. The van der Waals surface area contributed by atoms with Gasteiger partial charge >= 0.3 is 12.1 Å². The molecule has 13 nitrogen and oxygen atoms in total. The first-order valence-corrected chi connectivity index (χ1v) is 16.9. The smallest absolute Gasteiger partial charge is 0.410 e. The molecule has 13 heteroatoms. The van der Waals surface area contributed by atoms with Crippen LogP contribution in [-0.4, -0.2) is 95.1 Å². The Balaban J connectivity index is 1.57. The molecule has 3 rings (SSSR count). The van der Waals surface area contributed by atoms with Crippen LogP contribution in [0.4, 0.5) is 4.79 Å². The fourth-order valence-corrected chi connectivity index (χ4v) is 5.79. The molecule has 1 radical (unpaired) electrons. The lowest BCUT2D eigenvalue weighted by atomic mass is 9.91. The van der Waals surface area contributed by atoms with Crippen LogP contribution in [0.2, 0.25) is 0 Å². The van der Waals surface area contributed by atoms with E-state index >= 15 is 0 Å². The number of carbonyl (C=O) groups excluding carboxylic acids is 5. The van der Waals surface area contributed by atoms with Gasteiger partial charge in [0.2, 0.25) is 17.7 Å². The zero-order valence-corrected chi connectivity index (χ0v) is 29.5. The summed E-state index contributed by atoms with van der Waals surface area (Å²) < 4.78 is 16.7. The molecule has 0 saturated carbocycles. The molecule has 2 aliphatic heterocycles. The molecule has 0 aromatic carbocycles. The molecule has 2 saturated heterocycles. The number of rotatable bonds is 12. The minimum absolute atomic E-state index is 0.0245. The molecule has 267 valence electrons. The average molecular weight is 673 g/mol. The molecule has 2 N–H and O–H groups in total. The van der Waals surface area contributed by atoms with E-state index in [-0.39, 0.29) is 37.5 Å². The first kappa shape index (κ1) is 38.5. The first-order chi connectivity index (χ1) is 22.5. The third kappa shape index (κ3) is 13.7. The van der Waals surface area contributed by atoms with Gasteiger partial charge in [0.1, 0.15) is 23.6 Å². The molecular formula is C35H54N5O8. The number of hydrogen-bond donors (Lipinski definition) is 2. The highest BCUT2D eigenvalue weighted by atomic mass is 16.6. The summed E-state index contributed by atoms with van der Waals surface area (Å²) in [5.74, 6) is -0.781. The third-order valence-electron chi connectivity index (χ3n) is 8.11. The van der Waals surface area contributed by atoms with Crippen LogP contribution in [0, 0.1) is 18.8 Å². The van der Waals surface area contributed by atoms with E-state index in [9.17, 15) is 24.0 Å². The van der Waals surface area contributed by atoms with Crippen molar-refractivity contribution in [3.8, 4) is 5.75 Å². The molecule has 2 fully saturated rings. The summed E-state index contributed by atoms with van der Waals surface area (Å²) in [6.07, 6.45) is 6.76. The average Bonchev–Trinajstić information content (AvgIpc) is 3.00. The maximum Gasteiger partial charge on any atom is 0.410 e. The van der Waals surface area contributed by atoms with Crippen molar-refractivity contribution in [2.75, 3.05) is 39.3 Å². The van der Waals surface area contributed by atoms with Crippen LogP contribution in [0.1, 0.15) is 98.1 Å². The van der Waals surface area contributed by atoms with Gasteiger partial charge in [-0.3, -0.25) is 24.2 Å². The SMILES string of the molecule is [CH2]C(=O)NCCOc1cncc([C@H](CC(=O)OC(C)(C)C)NC(=O)[C@@H]2CCCN(C(=O)CCC3CCN(C(=O)OC(C)(C)C)CC3)C2)c1. The van der Waals surface area contributed by atoms with Crippen molar-refractivity contribution in [1.29, 1.82) is 0 Å². The second kappa shape index (κ2) is 17.5. The third-order valence-corrected chi connectivity index (χ3v) is 8.11. The van der Waals surface area contributed by atoms with Crippen LogP contribution < -0.4 is 15.4 Å². The van der Waals surface area contributed by atoms with Crippen LogP contribution in [0.3, 0.4) is 0 Å². The molecule has 0 aliphatic carbocycles. The number of ether oxygens (including phenoxy) is 3. The Morgan fingerprint density at radius 3 is 2.29 bits per heavy atom. The number of esters is 1. The van der Waals surface area contributed by atoms with Gasteiger partial charge in [-0.1, -0.05) is 0 Å². The molecule has 2 atom stereocenters. The fourth-order valence-electron chi connectivity index (χ4n) is 5.79. The minimum atomic E-state index is -0.736. The van der Waals surface area contributed by atoms with Crippen LogP contribution >= 0.6 is 0 Å². The van der Waals surface area contributed by atoms with Crippen LogP contribution in [-0.2, 0) is 28.7 Å². The summed E-state index contributed by atoms with van der Waals surface area (Å²) in [6, 6.07) is 0.962. The zero-order chi connectivity index (χ0) is 35.5. The molecule has 0 spiro atoms. The number of pyridine rings is 1. The van der Waals surface area contributed by atoms with Crippen molar-refractivity contribution in [2.45, 2.75) is 104 Å². The lowest BCUT2D eigenvalue weighted by Crippen LogP contribution is -2.46. The second-order valence-corrected chi connectivity index (χ2v) is 14.6. The minimum Gasteiger partial charge on any atom is -0.490 e. The Morgan fingerprint density at radius 1 is 0.958 bits per heavy atom. The van der Waals surface area contributed by atoms with E-state index in [1.54, 1.807) is 42.8 Å². The van der Waals surface area contributed by atoms with Crippen molar-refractivity contribution >= 4 is 29.8 Å². The molecule has 2 aliphatic rings. The van der Waals surface area contributed by atoms with Crippen LogP contribution in [0.15, 0.2) is 18.5 Å². The van der Waals surface area contributed by atoms with E-state index in [1.165, 1.54) is 6.20 Å². The van der Waals surface area contributed by atoms with Crippen molar-refractivity contribution in [3.05, 3.63) is 30.9 Å². The number of piperidine rings is 2. The van der Waals surface area contributed by atoms with Gasteiger partial charge in [-0.2, -0.15) is 0 Å². The Morgan fingerprint density at radius 2 is 1.65 bits per heavy atom. The molecule has 4 amide bonds. The van der Waals surface area contributed by atoms with E-state index in [1.807, 2.05) is 20.8 Å². The van der Waals surface area contributed by atoms with E-state index in [4.69, 9.17) is 14.2 Å². The number of nitrogens with zero attached hydrogens (tertiary/aromatic N) is 3. The van der Waals surface area contributed by atoms with Crippen molar-refractivity contribution in [1.82, 2.24) is 25.4 Å². The monoisotopic (exact) mass is 672 g/mol. The highest BCUT2D eigenvalue weighted by Crippen LogP contribution is 2.27. The Kier molecular flexibility index (Phi) is 14.0. The predicted molar refractivity (Wildman–Crippen MR) is 179 cm³/mol. The maximum atomic E-state index is 13.6. The Hall–Kier alpha value is -3.90. The number of likely N-dealkylation sites (tertiary alicyclic amines) is 2. The van der Waals surface area contributed by atoms with E-state index in [0.29, 0.717) is 62.7 Å². The van der Waals surface area contributed by atoms with Gasteiger partial charge in [0, 0.05) is 45.7 Å². The van der Waals surface area contributed by atoms with Gasteiger partial charge in [0.25, 0.3) is 0 Å². The summed E-state index contributed by atoms with van der Waals surface area (Å²) in [5, 5.41) is 5.57. The Labute approximate surface area is 284 Å². The predicted octanol–water partition coefficient (Wildman–Crippen LogP) is 3.97. The van der Waals surface area contributed by atoms with Crippen molar-refractivity contribution in [2.24, 2.45) is 11.8 Å². The van der Waals surface area contributed by atoms with E-state index in [0.717, 1.165) is 19.3 Å². The van der Waals surface area contributed by atoms with Crippen molar-refractivity contribution in [3.63, 3.8) is 0 Å². The number of nitrogens with one attached hydrogen (secondary N) is 2. The molecular weight excluding hydrogens is 618 g/mol. The summed E-state index contributed by atoms with van der Waals surface area (Å²) in [6.45, 7) is 16.7. The zero-order valence-electron chi connectivity index (χ0n) is 29.5. The van der Waals surface area contributed by atoms with Gasteiger partial charge < -0.3 is 34.6 Å². The summed E-state index contributed by atoms with van der Waals surface area (Å²) >= 11 is 0. The number of aromatic nitrogens is 1. The van der Waals surface area contributed by atoms with Gasteiger partial charge in [0.05, 0.1) is 31.1 Å². The molecule has 1 aromatic rings. The van der Waals surface area contributed by atoms with Gasteiger partial charge in [-0.15, -0.1) is 0 Å². The van der Waals surface area contributed by atoms with Crippen LogP contribution in [0.25, 0.3) is 0 Å². The standard InChI is InChI=1S/C35H54N5O8/c1-24(41)37-14-18-46-28-19-27(21-36-22-28)29(20-31(43)47-34(2,3)4)38-32(44)26-9-8-15-40(23-26)30(42)11-10-25-12-16-39(17-13-25)33(45)48-35(5,6)7/h19,21-22,25-26,29H,1,8-18,20,23H2,2-7H3,(H,37,41)(H,38,44)/t26-,29+/m1/s1. The fraction of sp³-hybridized carbons (Fsp3) is 0.686. The molecule has 3 heterocycles. The highest BCUT2D eigenvalue weighted by Gasteiger charge is 2.32. The lowest BCUT2D eigenvalue weighted by molar-refractivity contribution is -0.155. The quantitative estimate of drug-likeness (QED) is 0.248. The van der Waals surface area contributed by atoms with Gasteiger partial charge in [0.15, 0.2) is 0 Å². The lowest BCUT2D eigenvalue weighted by Gasteiger charge is -2.35.